The second kappa shape index (κ2) is 7.16. The molecule has 3 atom stereocenters. The molecule has 1 unspecified atom stereocenters. The molecular formula is C13H17Cl2NO2S. The zero-order chi connectivity index (χ0) is 13.8. The first-order chi connectivity index (χ1) is 9.08. The molecule has 1 aliphatic rings. The number of hydrogen-bond acceptors (Lipinski definition) is 3. The van der Waals surface area contributed by atoms with Crippen LogP contribution in [0, 0.1) is 5.92 Å². The van der Waals surface area contributed by atoms with Crippen molar-refractivity contribution in [2.45, 2.75) is 6.10 Å². The van der Waals surface area contributed by atoms with E-state index in [9.17, 15) is 4.55 Å². The summed E-state index contributed by atoms with van der Waals surface area (Å²) in [4.78, 5) is 0. The fraction of sp³-hybridized carbons (Fsp3) is 0.538. The third-order valence-electron chi connectivity index (χ3n) is 3.13. The van der Waals surface area contributed by atoms with Crippen molar-refractivity contribution in [1.82, 2.24) is 5.32 Å². The molecule has 6 heteroatoms. The standard InChI is InChI=1S/C13H17Cl2NO2S/c1-19(17)8-10-7-16-4-5-18-13(10)9-2-3-11(14)12(15)6-9/h2-3,6,10,13,16H,4-5,7-8H2,1H3/t10-,13-,19?/m0/s1. The first kappa shape index (κ1) is 15.4. The summed E-state index contributed by atoms with van der Waals surface area (Å²) in [6.45, 7) is 2.24. The van der Waals surface area contributed by atoms with Crippen LogP contribution in [-0.2, 0) is 15.9 Å². The van der Waals surface area contributed by atoms with Gasteiger partial charge in [-0.15, -0.1) is 0 Å². The summed E-state index contributed by atoms with van der Waals surface area (Å²) in [5.74, 6) is 0.781. The lowest BCUT2D eigenvalue weighted by atomic mass is 9.97. The normalized spacial score (nSPS) is 25.9. The van der Waals surface area contributed by atoms with Crippen molar-refractivity contribution in [3.05, 3.63) is 33.8 Å². The first-order valence-corrected chi connectivity index (χ1v) is 8.63. The number of halogens is 2. The smallest absolute Gasteiger partial charge is 0.112 e. The zero-order valence-electron chi connectivity index (χ0n) is 10.7. The minimum absolute atomic E-state index is 0.0892. The summed E-state index contributed by atoms with van der Waals surface area (Å²) in [6, 6.07) is 5.54. The van der Waals surface area contributed by atoms with Gasteiger partial charge in [0.25, 0.3) is 0 Å². The first-order valence-electron chi connectivity index (χ1n) is 6.15. The molecule has 0 aromatic heterocycles. The lowest BCUT2D eigenvalue weighted by Gasteiger charge is -2.25. The van der Waals surface area contributed by atoms with Gasteiger partial charge in [-0.25, -0.2) is 0 Å². The largest absolute Gasteiger partial charge is 0.617 e. The molecule has 1 heterocycles. The van der Waals surface area contributed by atoms with Gasteiger partial charge in [0, 0.05) is 19.0 Å². The fourth-order valence-corrected chi connectivity index (χ4v) is 3.50. The van der Waals surface area contributed by atoms with E-state index >= 15 is 0 Å². The topological polar surface area (TPSA) is 44.3 Å². The van der Waals surface area contributed by atoms with Gasteiger partial charge in [-0.05, 0) is 17.7 Å². The van der Waals surface area contributed by atoms with Gasteiger partial charge in [-0.2, -0.15) is 0 Å². The molecule has 1 N–H and O–H groups in total. The number of hydrogen-bond donors (Lipinski definition) is 1. The van der Waals surface area contributed by atoms with E-state index in [4.69, 9.17) is 27.9 Å². The Morgan fingerprint density at radius 1 is 1.42 bits per heavy atom. The molecule has 1 saturated heterocycles. The molecule has 0 radical (unpaired) electrons. The van der Waals surface area contributed by atoms with Crippen molar-refractivity contribution >= 4 is 34.4 Å². The van der Waals surface area contributed by atoms with Crippen LogP contribution in [0.1, 0.15) is 11.7 Å². The predicted octanol–water partition coefficient (Wildman–Crippen LogP) is 2.65. The van der Waals surface area contributed by atoms with Crippen LogP contribution in [0.5, 0.6) is 0 Å². The highest BCUT2D eigenvalue weighted by atomic mass is 35.5. The Labute approximate surface area is 126 Å². The predicted molar refractivity (Wildman–Crippen MR) is 80.4 cm³/mol. The summed E-state index contributed by atoms with van der Waals surface area (Å²) >= 11 is 11.1. The second-order valence-electron chi connectivity index (χ2n) is 4.67. The molecular weight excluding hydrogens is 305 g/mol. The van der Waals surface area contributed by atoms with E-state index in [1.807, 2.05) is 12.1 Å². The Morgan fingerprint density at radius 3 is 2.89 bits per heavy atom. The van der Waals surface area contributed by atoms with E-state index in [2.05, 4.69) is 5.32 Å². The number of benzene rings is 1. The number of ether oxygens (including phenoxy) is 1. The van der Waals surface area contributed by atoms with E-state index in [1.54, 1.807) is 12.3 Å². The second-order valence-corrected chi connectivity index (χ2v) is 6.96. The molecule has 1 aromatic rings. The highest BCUT2D eigenvalue weighted by molar-refractivity contribution is 7.90. The summed E-state index contributed by atoms with van der Waals surface area (Å²) in [7, 11) is 0. The van der Waals surface area contributed by atoms with Crippen LogP contribution in [0.25, 0.3) is 0 Å². The molecule has 1 fully saturated rings. The van der Waals surface area contributed by atoms with Crippen molar-refractivity contribution in [3.8, 4) is 0 Å². The lowest BCUT2D eigenvalue weighted by molar-refractivity contribution is 0.0369. The average molecular weight is 322 g/mol. The molecule has 3 nitrogen and oxygen atoms in total. The Bertz CT molecular complexity index is 431. The van der Waals surface area contributed by atoms with E-state index < -0.39 is 11.2 Å². The van der Waals surface area contributed by atoms with Crippen LogP contribution in [0.2, 0.25) is 10.0 Å². The van der Waals surface area contributed by atoms with Crippen LogP contribution in [0.15, 0.2) is 18.2 Å². The van der Waals surface area contributed by atoms with Crippen LogP contribution in [0.3, 0.4) is 0 Å². The molecule has 106 valence electrons. The van der Waals surface area contributed by atoms with Crippen LogP contribution in [0.4, 0.5) is 0 Å². The summed E-state index contributed by atoms with van der Waals surface area (Å²) in [6.07, 6.45) is 1.63. The van der Waals surface area contributed by atoms with Crippen LogP contribution < -0.4 is 5.32 Å². The molecule has 1 aromatic carbocycles. The van der Waals surface area contributed by atoms with Gasteiger partial charge < -0.3 is 14.6 Å². The average Bonchev–Trinajstić information content (AvgIpc) is 2.57. The molecule has 19 heavy (non-hydrogen) atoms. The van der Waals surface area contributed by atoms with Crippen LogP contribution >= 0.6 is 23.2 Å². The van der Waals surface area contributed by atoms with E-state index in [-0.39, 0.29) is 12.0 Å². The van der Waals surface area contributed by atoms with Gasteiger partial charge in [0.05, 0.1) is 29.0 Å². The Kier molecular flexibility index (Phi) is 5.81. The SMILES string of the molecule is C[S+]([O-])C[C@@H]1CNCCO[C@H]1c1ccc(Cl)c(Cl)c1. The fourth-order valence-electron chi connectivity index (χ4n) is 2.29. The monoisotopic (exact) mass is 321 g/mol. The highest BCUT2D eigenvalue weighted by Gasteiger charge is 2.29. The lowest BCUT2D eigenvalue weighted by Crippen LogP contribution is -2.30. The number of rotatable bonds is 3. The Hall–Kier alpha value is 0.0300. The van der Waals surface area contributed by atoms with Gasteiger partial charge in [-0.3, -0.25) is 0 Å². The molecule has 0 spiro atoms. The number of nitrogens with one attached hydrogen (secondary N) is 1. The van der Waals surface area contributed by atoms with Crippen LogP contribution in [-0.4, -0.2) is 36.3 Å². The maximum atomic E-state index is 11.5. The molecule has 1 aliphatic heterocycles. The zero-order valence-corrected chi connectivity index (χ0v) is 13.0. The van der Waals surface area contributed by atoms with Gasteiger partial charge in [0.15, 0.2) is 0 Å². The molecule has 0 bridgehead atoms. The van der Waals surface area contributed by atoms with Crippen molar-refractivity contribution in [3.63, 3.8) is 0 Å². The highest BCUT2D eigenvalue weighted by Crippen LogP contribution is 2.32. The van der Waals surface area contributed by atoms with Gasteiger partial charge in [0.1, 0.15) is 5.75 Å². The van der Waals surface area contributed by atoms with E-state index in [1.165, 1.54) is 0 Å². The third-order valence-corrected chi connectivity index (χ3v) is 4.77. The molecule has 0 aliphatic carbocycles. The summed E-state index contributed by atoms with van der Waals surface area (Å²) in [5.41, 5.74) is 0.994. The van der Waals surface area contributed by atoms with Crippen molar-refractivity contribution in [2.24, 2.45) is 5.92 Å². The van der Waals surface area contributed by atoms with Crippen molar-refractivity contribution in [1.29, 1.82) is 0 Å². The summed E-state index contributed by atoms with van der Waals surface area (Å²) < 4.78 is 17.4. The van der Waals surface area contributed by atoms with Gasteiger partial charge >= 0.3 is 0 Å². The molecule has 0 amide bonds. The minimum atomic E-state index is -0.854. The van der Waals surface area contributed by atoms with E-state index in [0.29, 0.717) is 22.4 Å². The maximum Gasteiger partial charge on any atom is 0.112 e. The molecule has 0 saturated carbocycles. The Morgan fingerprint density at radius 2 is 2.21 bits per heavy atom. The maximum absolute atomic E-state index is 11.5. The Balaban J connectivity index is 2.23. The minimum Gasteiger partial charge on any atom is -0.617 e. The third kappa shape index (κ3) is 4.25. The van der Waals surface area contributed by atoms with E-state index in [0.717, 1.165) is 18.7 Å². The van der Waals surface area contributed by atoms with Gasteiger partial charge in [0.2, 0.25) is 0 Å². The van der Waals surface area contributed by atoms with Crippen molar-refractivity contribution < 1.29 is 9.29 Å². The quantitative estimate of drug-likeness (QED) is 0.870. The van der Waals surface area contributed by atoms with Crippen molar-refractivity contribution in [2.75, 3.05) is 31.7 Å². The molecule has 2 rings (SSSR count). The summed E-state index contributed by atoms with van der Waals surface area (Å²) in [5, 5.41) is 4.37. The van der Waals surface area contributed by atoms with Gasteiger partial charge in [-0.1, -0.05) is 40.4 Å².